The van der Waals surface area contributed by atoms with E-state index in [-0.39, 0.29) is 5.56 Å². The number of halogens is 2. The second-order valence-corrected chi connectivity index (χ2v) is 8.03. The predicted molar refractivity (Wildman–Crippen MR) is 106 cm³/mol. The van der Waals surface area contributed by atoms with E-state index in [1.807, 2.05) is 12.1 Å². The van der Waals surface area contributed by atoms with Crippen LogP contribution in [0.2, 0.25) is 0 Å². The number of aromatic nitrogens is 4. The van der Waals surface area contributed by atoms with Crippen LogP contribution >= 0.6 is 31.9 Å². The number of fused-ring (bicyclic) bond motifs is 1. The number of piperazine rings is 1. The topological polar surface area (TPSA) is 79.2 Å². The number of nitrogens with zero attached hydrogens (tertiary/aromatic N) is 4. The maximum atomic E-state index is 12.4. The Morgan fingerprint density at radius 2 is 1.88 bits per heavy atom. The molecule has 2 aromatic heterocycles. The van der Waals surface area contributed by atoms with Gasteiger partial charge in [0.1, 0.15) is 6.54 Å². The van der Waals surface area contributed by atoms with Crippen LogP contribution in [0.5, 0.6) is 0 Å². The molecule has 0 bridgehead atoms. The van der Waals surface area contributed by atoms with E-state index in [1.165, 1.54) is 4.90 Å². The fourth-order valence-electron chi connectivity index (χ4n) is 3.19. The van der Waals surface area contributed by atoms with Gasteiger partial charge in [-0.3, -0.25) is 4.79 Å². The Kier molecular flexibility index (Phi) is 5.01. The number of anilines is 1. The standard InChI is InChI=1S/C17H16Br2N6O/c18-11-8-12-15(13(19)9-11)22-14(23-16(12)26)10-24-4-6-25(7-5-24)17-20-2-1-3-21-17/h1-3,8-9H,4-7,10H2,(H,22,23,26)/p+1. The summed E-state index contributed by atoms with van der Waals surface area (Å²) in [5.41, 5.74) is 0.588. The van der Waals surface area contributed by atoms with Crippen molar-refractivity contribution in [2.75, 3.05) is 31.1 Å². The molecular formula is C17H17Br2N6O+. The molecule has 3 heterocycles. The summed E-state index contributed by atoms with van der Waals surface area (Å²) in [7, 11) is 0. The second kappa shape index (κ2) is 7.42. The maximum Gasteiger partial charge on any atom is 0.259 e. The van der Waals surface area contributed by atoms with Crippen molar-refractivity contribution in [1.29, 1.82) is 0 Å². The number of H-pyrrole nitrogens is 1. The van der Waals surface area contributed by atoms with Crippen molar-refractivity contribution < 1.29 is 4.90 Å². The Morgan fingerprint density at radius 1 is 1.15 bits per heavy atom. The molecule has 1 aromatic carbocycles. The van der Waals surface area contributed by atoms with Crippen LogP contribution in [0.4, 0.5) is 5.95 Å². The number of benzene rings is 1. The highest BCUT2D eigenvalue weighted by Gasteiger charge is 2.22. The first-order valence-corrected chi connectivity index (χ1v) is 9.92. The van der Waals surface area contributed by atoms with Gasteiger partial charge in [0.15, 0.2) is 5.82 Å². The van der Waals surface area contributed by atoms with Crippen LogP contribution in [0, 0.1) is 0 Å². The summed E-state index contributed by atoms with van der Waals surface area (Å²) < 4.78 is 1.66. The predicted octanol–water partition coefficient (Wildman–Crippen LogP) is 1.14. The van der Waals surface area contributed by atoms with Gasteiger partial charge in [-0.05, 0) is 34.1 Å². The van der Waals surface area contributed by atoms with Crippen molar-refractivity contribution in [2.24, 2.45) is 0 Å². The van der Waals surface area contributed by atoms with E-state index in [9.17, 15) is 4.79 Å². The van der Waals surface area contributed by atoms with Gasteiger partial charge in [-0.1, -0.05) is 15.9 Å². The Balaban J connectivity index is 1.49. The third kappa shape index (κ3) is 3.65. The van der Waals surface area contributed by atoms with Crippen LogP contribution in [-0.2, 0) is 6.54 Å². The minimum Gasteiger partial charge on any atom is -0.330 e. The molecule has 26 heavy (non-hydrogen) atoms. The molecule has 7 nitrogen and oxygen atoms in total. The zero-order valence-corrected chi connectivity index (χ0v) is 17.0. The average Bonchev–Trinajstić information content (AvgIpc) is 2.64. The van der Waals surface area contributed by atoms with Crippen molar-refractivity contribution in [1.82, 2.24) is 19.9 Å². The van der Waals surface area contributed by atoms with Crippen molar-refractivity contribution in [3.63, 3.8) is 0 Å². The van der Waals surface area contributed by atoms with Crippen LogP contribution in [0.25, 0.3) is 10.9 Å². The van der Waals surface area contributed by atoms with Gasteiger partial charge in [0.2, 0.25) is 5.95 Å². The minimum atomic E-state index is -0.109. The lowest BCUT2D eigenvalue weighted by molar-refractivity contribution is -0.915. The molecule has 134 valence electrons. The molecule has 0 amide bonds. The fraction of sp³-hybridized carbons (Fsp3) is 0.294. The minimum absolute atomic E-state index is 0.109. The summed E-state index contributed by atoms with van der Waals surface area (Å²) >= 11 is 6.91. The SMILES string of the molecule is O=c1[nH]c(C[NH+]2CCN(c3ncccn3)CC2)nc2c(Br)cc(Br)cc12. The number of aromatic amines is 1. The fourth-order valence-corrected chi connectivity index (χ4v) is 4.50. The van der Waals surface area contributed by atoms with Gasteiger partial charge in [0.05, 0.1) is 37.1 Å². The molecule has 1 aliphatic rings. The van der Waals surface area contributed by atoms with E-state index in [2.05, 4.69) is 56.7 Å². The third-order valence-electron chi connectivity index (χ3n) is 4.50. The first-order chi connectivity index (χ1) is 12.6. The van der Waals surface area contributed by atoms with Gasteiger partial charge in [0.25, 0.3) is 5.56 Å². The third-order valence-corrected chi connectivity index (χ3v) is 5.56. The monoisotopic (exact) mass is 479 g/mol. The number of quaternary nitrogens is 1. The molecule has 1 saturated heterocycles. The van der Waals surface area contributed by atoms with Crippen molar-refractivity contribution in [3.05, 3.63) is 55.7 Å². The summed E-state index contributed by atoms with van der Waals surface area (Å²) in [5, 5.41) is 0.580. The van der Waals surface area contributed by atoms with Crippen LogP contribution in [-0.4, -0.2) is 46.1 Å². The smallest absolute Gasteiger partial charge is 0.259 e. The highest BCUT2D eigenvalue weighted by molar-refractivity contribution is 9.11. The molecule has 9 heteroatoms. The molecule has 0 unspecified atom stereocenters. The largest absolute Gasteiger partial charge is 0.330 e. The molecular weight excluding hydrogens is 464 g/mol. The normalized spacial score (nSPS) is 15.5. The lowest BCUT2D eigenvalue weighted by atomic mass is 10.2. The number of hydrogen-bond acceptors (Lipinski definition) is 5. The first kappa shape index (κ1) is 17.6. The van der Waals surface area contributed by atoms with Gasteiger partial charge in [-0.25, -0.2) is 15.0 Å². The molecule has 0 atom stereocenters. The molecule has 1 aliphatic heterocycles. The van der Waals surface area contributed by atoms with Gasteiger partial charge in [0, 0.05) is 21.3 Å². The van der Waals surface area contributed by atoms with Crippen LogP contribution in [0.3, 0.4) is 0 Å². The summed E-state index contributed by atoms with van der Waals surface area (Å²) in [6.45, 7) is 4.35. The van der Waals surface area contributed by atoms with Gasteiger partial charge >= 0.3 is 0 Å². The summed E-state index contributed by atoms with van der Waals surface area (Å²) in [5.74, 6) is 1.49. The van der Waals surface area contributed by atoms with Crippen LogP contribution in [0.1, 0.15) is 5.82 Å². The first-order valence-electron chi connectivity index (χ1n) is 8.33. The Morgan fingerprint density at radius 3 is 2.62 bits per heavy atom. The molecule has 0 aliphatic carbocycles. The molecule has 0 saturated carbocycles. The highest BCUT2D eigenvalue weighted by Crippen LogP contribution is 2.24. The number of nitrogens with one attached hydrogen (secondary N) is 2. The molecule has 4 rings (SSSR count). The Hall–Kier alpha value is -1.84. The van der Waals surface area contributed by atoms with E-state index >= 15 is 0 Å². The summed E-state index contributed by atoms with van der Waals surface area (Å²) in [4.78, 5) is 32.2. The zero-order chi connectivity index (χ0) is 18.1. The second-order valence-electron chi connectivity index (χ2n) is 6.26. The summed E-state index contributed by atoms with van der Waals surface area (Å²) in [6.07, 6.45) is 3.53. The lowest BCUT2D eigenvalue weighted by Crippen LogP contribution is -3.13. The molecule has 1 fully saturated rings. The number of rotatable bonds is 3. The van der Waals surface area contributed by atoms with Gasteiger partial charge in [-0.15, -0.1) is 0 Å². The van der Waals surface area contributed by atoms with Crippen LogP contribution in [0.15, 0.2) is 44.3 Å². The molecule has 2 N–H and O–H groups in total. The number of hydrogen-bond donors (Lipinski definition) is 2. The maximum absolute atomic E-state index is 12.4. The molecule has 3 aromatic rings. The Labute approximate surface area is 166 Å². The van der Waals surface area contributed by atoms with E-state index in [1.54, 1.807) is 18.5 Å². The van der Waals surface area contributed by atoms with Crippen molar-refractivity contribution in [3.8, 4) is 0 Å². The average molecular weight is 481 g/mol. The van der Waals surface area contributed by atoms with Crippen LogP contribution < -0.4 is 15.4 Å². The van der Waals surface area contributed by atoms with E-state index in [0.717, 1.165) is 41.1 Å². The zero-order valence-electron chi connectivity index (χ0n) is 13.9. The molecule has 0 spiro atoms. The summed E-state index contributed by atoms with van der Waals surface area (Å²) in [6, 6.07) is 5.52. The Bertz CT molecular complexity index is 986. The lowest BCUT2D eigenvalue weighted by Gasteiger charge is -2.31. The van der Waals surface area contributed by atoms with Gasteiger partial charge in [-0.2, -0.15) is 0 Å². The van der Waals surface area contributed by atoms with E-state index in [0.29, 0.717) is 23.3 Å². The van der Waals surface area contributed by atoms with Crippen molar-refractivity contribution >= 4 is 48.7 Å². The van der Waals surface area contributed by atoms with E-state index < -0.39 is 0 Å². The van der Waals surface area contributed by atoms with Gasteiger partial charge < -0.3 is 14.8 Å². The molecule has 0 radical (unpaired) electrons. The van der Waals surface area contributed by atoms with Crippen molar-refractivity contribution in [2.45, 2.75) is 6.54 Å². The van der Waals surface area contributed by atoms with E-state index in [4.69, 9.17) is 0 Å². The highest BCUT2D eigenvalue weighted by atomic mass is 79.9. The quantitative estimate of drug-likeness (QED) is 0.587.